The Kier molecular flexibility index (Phi) is 5.26. The molecule has 2 nitrogen and oxygen atoms in total. The van der Waals surface area contributed by atoms with Crippen molar-refractivity contribution in [2.45, 2.75) is 24.8 Å². The molecule has 3 aromatic rings. The molecule has 0 radical (unpaired) electrons. The van der Waals surface area contributed by atoms with Crippen LogP contribution in [-0.2, 0) is 12.0 Å². The number of likely N-dealkylation sites (tertiary alicyclic amines) is 1. The van der Waals surface area contributed by atoms with Crippen LogP contribution in [0.15, 0.2) is 84.9 Å². The molecule has 1 saturated heterocycles. The van der Waals surface area contributed by atoms with Crippen LogP contribution in [0.4, 0.5) is 0 Å². The number of hydrogen-bond acceptors (Lipinski definition) is 2. The largest absolute Gasteiger partial charge is 0.497 e. The van der Waals surface area contributed by atoms with Crippen LogP contribution in [0.25, 0.3) is 0 Å². The van der Waals surface area contributed by atoms with Crippen LogP contribution in [0.5, 0.6) is 5.75 Å². The first-order valence-corrected chi connectivity index (χ1v) is 9.76. The monoisotopic (exact) mass is 357 g/mol. The Morgan fingerprint density at radius 1 is 0.852 bits per heavy atom. The molecule has 0 spiro atoms. The molecular weight excluding hydrogens is 330 g/mol. The summed E-state index contributed by atoms with van der Waals surface area (Å²) in [5.74, 6) is 0.933. The Morgan fingerprint density at radius 2 is 1.56 bits per heavy atom. The molecule has 0 aromatic heterocycles. The number of benzene rings is 3. The predicted octanol–water partition coefficient (Wildman–Crippen LogP) is 5.28. The summed E-state index contributed by atoms with van der Waals surface area (Å²) >= 11 is 0. The van der Waals surface area contributed by atoms with Crippen LogP contribution in [0.1, 0.15) is 29.5 Å². The van der Waals surface area contributed by atoms with Crippen molar-refractivity contribution in [1.29, 1.82) is 0 Å². The van der Waals surface area contributed by atoms with E-state index in [0.29, 0.717) is 0 Å². The lowest BCUT2D eigenvalue weighted by molar-refractivity contribution is 0.161. The molecule has 1 fully saturated rings. The molecule has 0 bridgehead atoms. The van der Waals surface area contributed by atoms with Crippen LogP contribution >= 0.6 is 0 Å². The van der Waals surface area contributed by atoms with Crippen molar-refractivity contribution in [2.24, 2.45) is 0 Å². The molecule has 1 aliphatic heterocycles. The van der Waals surface area contributed by atoms with E-state index in [9.17, 15) is 0 Å². The number of nitrogens with zero attached hydrogens (tertiary/aromatic N) is 1. The van der Waals surface area contributed by atoms with E-state index in [1.54, 1.807) is 7.11 Å². The average molecular weight is 357 g/mol. The molecule has 2 heteroatoms. The van der Waals surface area contributed by atoms with Gasteiger partial charge in [0.1, 0.15) is 5.75 Å². The molecule has 0 aliphatic carbocycles. The van der Waals surface area contributed by atoms with Gasteiger partial charge in [0, 0.05) is 18.5 Å². The predicted molar refractivity (Wildman–Crippen MR) is 111 cm³/mol. The molecule has 1 atom stereocenters. The van der Waals surface area contributed by atoms with Crippen LogP contribution in [0, 0.1) is 0 Å². The summed E-state index contributed by atoms with van der Waals surface area (Å²) in [4.78, 5) is 2.60. The van der Waals surface area contributed by atoms with E-state index < -0.39 is 0 Å². The lowest BCUT2D eigenvalue weighted by Crippen LogP contribution is -2.46. The minimum atomic E-state index is 0.00281. The Bertz CT molecular complexity index is 862. The number of ether oxygens (including phenoxy) is 1. The van der Waals surface area contributed by atoms with E-state index in [1.807, 2.05) is 6.07 Å². The van der Waals surface area contributed by atoms with Crippen LogP contribution in [-0.4, -0.2) is 25.1 Å². The molecule has 3 aromatic carbocycles. The fourth-order valence-electron chi connectivity index (χ4n) is 4.44. The van der Waals surface area contributed by atoms with Gasteiger partial charge in [-0.3, -0.25) is 4.90 Å². The highest BCUT2D eigenvalue weighted by atomic mass is 16.5. The summed E-state index contributed by atoms with van der Waals surface area (Å²) in [5, 5.41) is 0. The van der Waals surface area contributed by atoms with Gasteiger partial charge in [-0.2, -0.15) is 0 Å². The zero-order chi connectivity index (χ0) is 18.5. The van der Waals surface area contributed by atoms with Crippen molar-refractivity contribution in [1.82, 2.24) is 4.90 Å². The Morgan fingerprint density at radius 3 is 2.30 bits per heavy atom. The number of hydrogen-bond donors (Lipinski definition) is 0. The summed E-state index contributed by atoms with van der Waals surface area (Å²) in [5.41, 5.74) is 4.14. The van der Waals surface area contributed by atoms with Gasteiger partial charge in [-0.1, -0.05) is 72.8 Å². The molecule has 0 N–H and O–H groups in total. The van der Waals surface area contributed by atoms with Crippen molar-refractivity contribution < 1.29 is 4.74 Å². The zero-order valence-corrected chi connectivity index (χ0v) is 16.0. The van der Waals surface area contributed by atoms with Gasteiger partial charge in [0.05, 0.1) is 7.11 Å². The second-order valence-electron chi connectivity index (χ2n) is 7.48. The van der Waals surface area contributed by atoms with E-state index in [2.05, 4.69) is 83.8 Å². The van der Waals surface area contributed by atoms with Crippen molar-refractivity contribution >= 4 is 0 Å². The van der Waals surface area contributed by atoms with Gasteiger partial charge < -0.3 is 4.74 Å². The number of piperidine rings is 1. The summed E-state index contributed by atoms with van der Waals surface area (Å²) < 4.78 is 5.54. The lowest BCUT2D eigenvalue weighted by Gasteiger charge is -2.44. The van der Waals surface area contributed by atoms with Gasteiger partial charge in [-0.05, 0) is 48.2 Å². The highest BCUT2D eigenvalue weighted by Gasteiger charge is 2.38. The standard InChI is InChI=1S/C25H27NO/c1-27-24-15-8-14-23(18-24)25(22-12-6-3-7-13-22)16-9-17-26(20-25)19-21-10-4-2-5-11-21/h2-8,10-15,18H,9,16-17,19-20H2,1H3. The Hall–Kier alpha value is -2.58. The first-order chi connectivity index (χ1) is 13.3. The van der Waals surface area contributed by atoms with Crippen molar-refractivity contribution in [3.05, 3.63) is 102 Å². The summed E-state index contributed by atoms with van der Waals surface area (Å²) in [6.07, 6.45) is 2.36. The summed E-state index contributed by atoms with van der Waals surface area (Å²) in [7, 11) is 1.75. The minimum absolute atomic E-state index is 0.00281. The third-order valence-electron chi connectivity index (χ3n) is 5.77. The molecule has 27 heavy (non-hydrogen) atoms. The molecule has 1 aliphatic rings. The third kappa shape index (κ3) is 3.77. The van der Waals surface area contributed by atoms with Crippen molar-refractivity contribution in [3.63, 3.8) is 0 Å². The van der Waals surface area contributed by atoms with E-state index in [-0.39, 0.29) is 5.41 Å². The van der Waals surface area contributed by atoms with Crippen LogP contribution in [0.3, 0.4) is 0 Å². The zero-order valence-electron chi connectivity index (χ0n) is 16.0. The third-order valence-corrected chi connectivity index (χ3v) is 5.77. The van der Waals surface area contributed by atoms with Crippen LogP contribution in [0.2, 0.25) is 0 Å². The molecule has 0 saturated carbocycles. The fourth-order valence-corrected chi connectivity index (χ4v) is 4.44. The van der Waals surface area contributed by atoms with Gasteiger partial charge in [0.2, 0.25) is 0 Å². The first-order valence-electron chi connectivity index (χ1n) is 9.76. The topological polar surface area (TPSA) is 12.5 Å². The first kappa shape index (κ1) is 17.8. The molecule has 4 rings (SSSR count). The molecule has 1 unspecified atom stereocenters. The normalized spacial score (nSPS) is 20.3. The molecule has 0 amide bonds. The summed E-state index contributed by atoms with van der Waals surface area (Å²) in [6, 6.07) is 30.4. The second kappa shape index (κ2) is 7.98. The highest BCUT2D eigenvalue weighted by Crippen LogP contribution is 2.41. The van der Waals surface area contributed by atoms with Crippen LogP contribution < -0.4 is 4.74 Å². The highest BCUT2D eigenvalue weighted by molar-refractivity contribution is 5.43. The SMILES string of the molecule is COc1cccc(C2(c3ccccc3)CCCN(Cc3ccccc3)C2)c1. The Balaban J connectivity index is 1.71. The lowest BCUT2D eigenvalue weighted by atomic mass is 9.69. The molecular formula is C25H27NO. The van der Waals surface area contributed by atoms with E-state index in [4.69, 9.17) is 4.74 Å². The number of rotatable bonds is 5. The quantitative estimate of drug-likeness (QED) is 0.616. The van der Waals surface area contributed by atoms with Gasteiger partial charge in [0.25, 0.3) is 0 Å². The van der Waals surface area contributed by atoms with Gasteiger partial charge in [-0.15, -0.1) is 0 Å². The smallest absolute Gasteiger partial charge is 0.119 e. The Labute approximate surface area is 162 Å². The van der Waals surface area contributed by atoms with Gasteiger partial charge in [-0.25, -0.2) is 0 Å². The van der Waals surface area contributed by atoms with E-state index in [0.717, 1.165) is 31.8 Å². The molecule has 1 heterocycles. The van der Waals surface area contributed by atoms with E-state index in [1.165, 1.54) is 23.1 Å². The maximum Gasteiger partial charge on any atom is 0.119 e. The fraction of sp³-hybridized carbons (Fsp3) is 0.280. The average Bonchev–Trinajstić information content (AvgIpc) is 2.75. The van der Waals surface area contributed by atoms with E-state index >= 15 is 0 Å². The van der Waals surface area contributed by atoms with Gasteiger partial charge in [0.15, 0.2) is 0 Å². The summed E-state index contributed by atoms with van der Waals surface area (Å²) in [6.45, 7) is 3.17. The maximum atomic E-state index is 5.54. The minimum Gasteiger partial charge on any atom is -0.497 e. The second-order valence-corrected chi connectivity index (χ2v) is 7.48. The maximum absolute atomic E-state index is 5.54. The van der Waals surface area contributed by atoms with Crippen molar-refractivity contribution in [3.8, 4) is 5.75 Å². The van der Waals surface area contributed by atoms with Crippen molar-refractivity contribution in [2.75, 3.05) is 20.2 Å². The number of methoxy groups -OCH3 is 1. The molecule has 138 valence electrons. The van der Waals surface area contributed by atoms with Gasteiger partial charge >= 0.3 is 0 Å².